The van der Waals surface area contributed by atoms with Gasteiger partial charge in [0.15, 0.2) is 11.8 Å². The van der Waals surface area contributed by atoms with Crippen LogP contribution in [0.15, 0.2) is 52.2 Å². The molecule has 7 atom stereocenters. The van der Waals surface area contributed by atoms with E-state index >= 15 is 0 Å². The Balaban J connectivity index is 1.64. The lowest BCUT2D eigenvalue weighted by Crippen LogP contribution is -2.52. The van der Waals surface area contributed by atoms with Crippen LogP contribution in [0.25, 0.3) is 0 Å². The third kappa shape index (κ3) is 5.79. The molecule has 2 aromatic rings. The number of thioether (sulfide) groups is 1. The number of nitrogens with zero attached hydrogens (tertiary/aromatic N) is 1. The summed E-state index contributed by atoms with van der Waals surface area (Å²) in [5.41, 5.74) is -6.20. The van der Waals surface area contributed by atoms with E-state index in [1.54, 1.807) is 44.2 Å². The van der Waals surface area contributed by atoms with Crippen molar-refractivity contribution in [3.8, 4) is 18.1 Å². The molecule has 1 aliphatic carbocycles. The molecule has 1 aromatic carbocycles. The maximum absolute atomic E-state index is 12.9. The van der Waals surface area contributed by atoms with Crippen molar-refractivity contribution in [1.29, 1.82) is 0 Å². The molecule has 0 bridgehead atoms. The van der Waals surface area contributed by atoms with E-state index in [4.69, 9.17) is 36.8 Å². The van der Waals surface area contributed by atoms with Crippen molar-refractivity contribution in [3.05, 3.63) is 63.4 Å². The summed E-state index contributed by atoms with van der Waals surface area (Å²) in [5, 5.41) is 25.9. The molecule has 15 heteroatoms. The number of carbonyl (C=O) groups excluding carboxylic acids is 1. The highest BCUT2D eigenvalue weighted by atomic mass is 32.5. The first-order valence-corrected chi connectivity index (χ1v) is 16.3. The Hall–Kier alpha value is -2.47. The Labute approximate surface area is 239 Å². The van der Waals surface area contributed by atoms with Gasteiger partial charge in [-0.15, -0.1) is 6.42 Å². The quantitative estimate of drug-likeness (QED) is 0.153. The first-order chi connectivity index (χ1) is 18.9. The first-order valence-electron chi connectivity index (χ1n) is 12.3. The number of carbonyl (C=O) groups is 1. The maximum atomic E-state index is 12.9. The normalized spacial score (nSPS) is 29.2. The molecule has 7 unspecified atom stereocenters. The smallest absolute Gasteiger partial charge is 0.330 e. The number of para-hydroxylation sites is 1. The number of fused-ring (bicyclic) bond motifs is 1. The predicted molar refractivity (Wildman–Crippen MR) is 151 cm³/mol. The van der Waals surface area contributed by atoms with Crippen LogP contribution in [0.2, 0.25) is 0 Å². The summed E-state index contributed by atoms with van der Waals surface area (Å²) in [4.78, 5) is 38.8. The van der Waals surface area contributed by atoms with Gasteiger partial charge in [-0.25, -0.2) is 9.88 Å². The number of hydrogen-bond acceptors (Lipinski definition) is 11. The van der Waals surface area contributed by atoms with E-state index in [1.165, 1.54) is 11.8 Å². The molecule has 40 heavy (non-hydrogen) atoms. The summed E-state index contributed by atoms with van der Waals surface area (Å²) in [5.74, 6) is 2.50. The zero-order valence-electron chi connectivity index (χ0n) is 21.9. The number of ether oxygens (including phenoxy) is 2. The second kappa shape index (κ2) is 11.8. The summed E-state index contributed by atoms with van der Waals surface area (Å²) in [6, 6.07) is 8.65. The van der Waals surface area contributed by atoms with Gasteiger partial charge in [-0.1, -0.05) is 24.1 Å². The Morgan fingerprint density at radius 1 is 1.32 bits per heavy atom. The molecule has 216 valence electrons. The van der Waals surface area contributed by atoms with Crippen LogP contribution < -0.4 is 20.9 Å². The van der Waals surface area contributed by atoms with Gasteiger partial charge in [-0.2, -0.15) is 11.8 Å². The zero-order chi connectivity index (χ0) is 29.3. The molecule has 1 aromatic heterocycles. The van der Waals surface area contributed by atoms with E-state index in [-0.39, 0.29) is 6.10 Å². The van der Waals surface area contributed by atoms with Gasteiger partial charge in [0.05, 0.1) is 6.10 Å². The maximum Gasteiger partial charge on any atom is 0.330 e. The molecule has 1 saturated carbocycles. The monoisotopic (exact) mass is 611 g/mol. The number of aromatic amines is 1. The van der Waals surface area contributed by atoms with Crippen molar-refractivity contribution in [3.63, 3.8) is 0 Å². The predicted octanol–water partition coefficient (Wildman–Crippen LogP) is 0.895. The Kier molecular flexibility index (Phi) is 8.99. The van der Waals surface area contributed by atoms with Crippen molar-refractivity contribution in [2.75, 3.05) is 12.0 Å². The summed E-state index contributed by atoms with van der Waals surface area (Å²) in [7, 11) is 0. The fraction of sp³-hybridized carbons (Fsp3) is 0.480. The molecule has 0 amide bonds. The Morgan fingerprint density at radius 2 is 2.02 bits per heavy atom. The molecule has 1 saturated heterocycles. The van der Waals surface area contributed by atoms with Gasteiger partial charge in [0.1, 0.15) is 24.0 Å². The number of aromatic nitrogens is 2. The molecular weight excluding hydrogens is 581 g/mol. The highest BCUT2D eigenvalue weighted by Crippen LogP contribution is 2.64. The third-order valence-electron chi connectivity index (χ3n) is 6.38. The molecular formula is C25H30N3O9PS2. The SMILES string of the molecule is C#CC1(O)C(n2ccc(=O)[nH]c2=O)OC2C(OP(=S)(NC(CCSC)C(=O)OC(C)C)Oc3ccccc3)C21O. The van der Waals surface area contributed by atoms with Crippen molar-refractivity contribution < 1.29 is 33.5 Å². The number of terminal acetylenes is 1. The minimum Gasteiger partial charge on any atom is -0.462 e. The van der Waals surface area contributed by atoms with Crippen molar-refractivity contribution in [1.82, 2.24) is 14.6 Å². The topological polar surface area (TPSA) is 161 Å². The lowest BCUT2D eigenvalue weighted by atomic mass is 9.94. The molecule has 0 radical (unpaired) electrons. The van der Waals surface area contributed by atoms with Gasteiger partial charge >= 0.3 is 18.3 Å². The van der Waals surface area contributed by atoms with Gasteiger partial charge < -0.3 is 24.2 Å². The van der Waals surface area contributed by atoms with Gasteiger partial charge in [0.25, 0.3) is 5.56 Å². The fourth-order valence-corrected chi connectivity index (χ4v) is 7.52. The van der Waals surface area contributed by atoms with Crippen LogP contribution in [0.5, 0.6) is 5.75 Å². The van der Waals surface area contributed by atoms with Crippen LogP contribution >= 0.6 is 18.4 Å². The number of H-pyrrole nitrogens is 1. The number of nitrogens with one attached hydrogen (secondary N) is 2. The lowest BCUT2D eigenvalue weighted by Gasteiger charge is -2.34. The standard InChI is InChI=1S/C25H30N3O9PS2/c1-5-24(32)22(28-13-11-18(29)26-23(28)31)35-19-20(25(19,24)33)37-38(39,36-16-9-7-6-8-10-16)27-17(12-14-40-4)21(30)34-15(2)3/h1,6-11,13,15,17,19-20,22,32-33H,12,14H2,2-4H3,(H,27,39)(H,26,29,31). The first kappa shape index (κ1) is 30.5. The van der Waals surface area contributed by atoms with Gasteiger partial charge in [0, 0.05) is 12.3 Å². The van der Waals surface area contributed by atoms with Gasteiger partial charge in [-0.3, -0.25) is 23.7 Å². The molecule has 2 fully saturated rings. The molecule has 12 nitrogen and oxygen atoms in total. The van der Waals surface area contributed by atoms with E-state index in [0.717, 1.165) is 16.8 Å². The average Bonchev–Trinajstić information content (AvgIpc) is 3.37. The molecule has 4 rings (SSSR count). The summed E-state index contributed by atoms with van der Waals surface area (Å²) in [6.07, 6.45) is 4.55. The number of aliphatic hydroxyl groups is 2. The molecule has 0 spiro atoms. The summed E-state index contributed by atoms with van der Waals surface area (Å²) in [6.45, 7) is -0.219. The minimum absolute atomic E-state index is 0.336. The van der Waals surface area contributed by atoms with Crippen LogP contribution in [0.4, 0.5) is 0 Å². The minimum atomic E-state index is -3.66. The van der Waals surface area contributed by atoms with Gasteiger partial charge in [0.2, 0.25) is 5.60 Å². The van der Waals surface area contributed by atoms with E-state index in [1.807, 2.05) is 6.26 Å². The van der Waals surface area contributed by atoms with Crippen LogP contribution in [0, 0.1) is 12.3 Å². The van der Waals surface area contributed by atoms with Crippen LogP contribution in [-0.4, -0.2) is 73.3 Å². The summed E-state index contributed by atoms with van der Waals surface area (Å²) >= 11 is 7.32. The molecule has 2 heterocycles. The second-order valence-corrected chi connectivity index (χ2v) is 13.6. The van der Waals surface area contributed by atoms with Crippen LogP contribution in [-0.2, 0) is 30.6 Å². The second-order valence-electron chi connectivity index (χ2n) is 9.54. The van der Waals surface area contributed by atoms with E-state index < -0.39 is 59.5 Å². The molecule has 2 aliphatic rings. The van der Waals surface area contributed by atoms with Crippen molar-refractivity contribution in [2.45, 2.75) is 62.1 Å². The van der Waals surface area contributed by atoms with E-state index in [2.05, 4.69) is 16.0 Å². The lowest BCUT2D eigenvalue weighted by molar-refractivity contribution is -0.149. The van der Waals surface area contributed by atoms with Crippen LogP contribution in [0.3, 0.4) is 0 Å². The highest BCUT2D eigenvalue weighted by Gasteiger charge is 2.85. The number of esters is 1. The number of rotatable bonds is 12. The van der Waals surface area contributed by atoms with Gasteiger partial charge in [-0.05, 0) is 56.2 Å². The largest absolute Gasteiger partial charge is 0.462 e. The van der Waals surface area contributed by atoms with Crippen molar-refractivity contribution in [2.24, 2.45) is 0 Å². The average molecular weight is 612 g/mol. The summed E-state index contributed by atoms with van der Waals surface area (Å²) < 4.78 is 24.3. The number of hydrogen-bond donors (Lipinski definition) is 4. The zero-order valence-corrected chi connectivity index (χ0v) is 24.4. The molecule has 1 aliphatic heterocycles. The third-order valence-corrected chi connectivity index (χ3v) is 9.41. The van der Waals surface area contributed by atoms with E-state index in [0.29, 0.717) is 17.9 Å². The van der Waals surface area contributed by atoms with E-state index in [9.17, 15) is 24.6 Å². The Bertz CT molecular complexity index is 1450. The molecule has 4 N–H and O–H groups in total. The number of benzene rings is 1. The Morgan fingerprint density at radius 3 is 2.62 bits per heavy atom. The van der Waals surface area contributed by atoms with Crippen LogP contribution in [0.1, 0.15) is 26.5 Å². The highest BCUT2D eigenvalue weighted by molar-refractivity contribution is 8.09. The fourth-order valence-electron chi connectivity index (χ4n) is 4.38. The van der Waals surface area contributed by atoms with Crippen molar-refractivity contribution >= 4 is 36.2 Å².